The minimum Gasteiger partial charge on any atom is -0.391 e. The highest BCUT2D eigenvalue weighted by Crippen LogP contribution is 2.42. The van der Waals surface area contributed by atoms with E-state index >= 15 is 0 Å². The number of aromatic nitrogens is 1. The average Bonchev–Trinajstić information content (AvgIpc) is 2.90. The van der Waals surface area contributed by atoms with E-state index < -0.39 is 0 Å². The fourth-order valence-electron chi connectivity index (χ4n) is 1.28. The van der Waals surface area contributed by atoms with E-state index in [1.54, 1.807) is 18.4 Å². The van der Waals surface area contributed by atoms with Gasteiger partial charge in [-0.25, -0.2) is 4.98 Å². The van der Waals surface area contributed by atoms with Gasteiger partial charge in [0, 0.05) is 13.0 Å². The number of hydrogen-bond acceptors (Lipinski definition) is 4. The summed E-state index contributed by atoms with van der Waals surface area (Å²) in [5, 5.41) is 10.3. The summed E-state index contributed by atoms with van der Waals surface area (Å²) in [6.07, 6.45) is 2.51. The third-order valence-corrected chi connectivity index (χ3v) is 3.39. The molecule has 2 rings (SSSR count). The Hall–Kier alpha value is -0.450. The molecule has 0 atom stereocenters. The average molecular weight is 199 g/mol. The Morgan fingerprint density at radius 3 is 2.92 bits per heavy atom. The maximum Gasteiger partial charge on any atom is 0.0964 e. The molecule has 1 fully saturated rings. The molecular formula is C9H13NO2S. The van der Waals surface area contributed by atoms with Crippen molar-refractivity contribution in [2.24, 2.45) is 0 Å². The molecule has 0 spiro atoms. The van der Waals surface area contributed by atoms with Gasteiger partial charge in [0.25, 0.3) is 0 Å². The van der Waals surface area contributed by atoms with E-state index in [9.17, 15) is 0 Å². The molecule has 0 saturated heterocycles. The lowest BCUT2D eigenvalue weighted by Crippen LogP contribution is -1.93. The number of ether oxygens (including phenoxy) is 1. The highest BCUT2D eigenvalue weighted by Gasteiger charge is 2.28. The normalized spacial score (nSPS) is 16.5. The fourth-order valence-corrected chi connectivity index (χ4v) is 2.38. The zero-order chi connectivity index (χ0) is 9.26. The number of aliphatic hydroxyl groups is 1. The Morgan fingerprint density at radius 1 is 1.62 bits per heavy atom. The van der Waals surface area contributed by atoms with Crippen molar-refractivity contribution in [2.45, 2.75) is 32.0 Å². The SMILES string of the molecule is COCc1nc(C2CC2)sc1CO. The number of hydrogen-bond donors (Lipinski definition) is 1. The summed E-state index contributed by atoms with van der Waals surface area (Å²) in [7, 11) is 1.65. The summed E-state index contributed by atoms with van der Waals surface area (Å²) >= 11 is 1.63. The van der Waals surface area contributed by atoms with Crippen LogP contribution in [0.15, 0.2) is 0 Å². The van der Waals surface area contributed by atoms with E-state index in [-0.39, 0.29) is 6.61 Å². The van der Waals surface area contributed by atoms with Gasteiger partial charge in [-0.15, -0.1) is 11.3 Å². The van der Waals surface area contributed by atoms with Gasteiger partial charge in [0.15, 0.2) is 0 Å². The maximum absolute atomic E-state index is 9.08. The molecule has 1 aromatic heterocycles. The van der Waals surface area contributed by atoms with Crippen LogP contribution < -0.4 is 0 Å². The van der Waals surface area contributed by atoms with Crippen LogP contribution >= 0.6 is 11.3 Å². The standard InChI is InChI=1S/C9H13NO2S/c1-12-5-7-8(4-11)13-9(10-7)6-2-3-6/h6,11H,2-5H2,1H3. The highest BCUT2D eigenvalue weighted by molar-refractivity contribution is 7.11. The molecule has 0 radical (unpaired) electrons. The molecule has 1 aromatic rings. The van der Waals surface area contributed by atoms with E-state index in [1.807, 2.05) is 0 Å². The molecule has 0 amide bonds. The Balaban J connectivity index is 2.20. The molecule has 72 valence electrons. The summed E-state index contributed by atoms with van der Waals surface area (Å²) in [4.78, 5) is 5.43. The van der Waals surface area contributed by atoms with Crippen molar-refractivity contribution in [1.82, 2.24) is 4.98 Å². The van der Waals surface area contributed by atoms with Gasteiger partial charge in [0.1, 0.15) is 0 Å². The van der Waals surface area contributed by atoms with Crippen LogP contribution in [0.4, 0.5) is 0 Å². The maximum atomic E-state index is 9.08. The van der Waals surface area contributed by atoms with Crippen LogP contribution in [0.1, 0.15) is 34.3 Å². The van der Waals surface area contributed by atoms with Crippen LogP contribution in [0, 0.1) is 0 Å². The van der Waals surface area contributed by atoms with Crippen molar-refractivity contribution in [1.29, 1.82) is 0 Å². The number of rotatable bonds is 4. The zero-order valence-electron chi connectivity index (χ0n) is 7.62. The second-order valence-electron chi connectivity index (χ2n) is 3.29. The first-order chi connectivity index (χ1) is 6.35. The smallest absolute Gasteiger partial charge is 0.0964 e. The minimum absolute atomic E-state index is 0.0864. The van der Waals surface area contributed by atoms with Crippen molar-refractivity contribution in [3.05, 3.63) is 15.6 Å². The summed E-state index contributed by atoms with van der Waals surface area (Å²) in [5.41, 5.74) is 0.914. The third-order valence-electron chi connectivity index (χ3n) is 2.15. The Morgan fingerprint density at radius 2 is 2.38 bits per heavy atom. The Labute approximate surface area is 81.4 Å². The van der Waals surface area contributed by atoms with Gasteiger partial charge in [-0.3, -0.25) is 0 Å². The first-order valence-electron chi connectivity index (χ1n) is 4.43. The minimum atomic E-state index is 0.0864. The van der Waals surface area contributed by atoms with Crippen LogP contribution in [-0.2, 0) is 18.0 Å². The Kier molecular flexibility index (Phi) is 2.62. The molecule has 1 aliphatic carbocycles. The summed E-state index contributed by atoms with van der Waals surface area (Å²) in [5.74, 6) is 0.668. The first kappa shape index (κ1) is 9.12. The van der Waals surface area contributed by atoms with Crippen LogP contribution in [0.2, 0.25) is 0 Å². The van der Waals surface area contributed by atoms with E-state index in [2.05, 4.69) is 4.98 Å². The highest BCUT2D eigenvalue weighted by atomic mass is 32.1. The van der Waals surface area contributed by atoms with Gasteiger partial charge >= 0.3 is 0 Å². The Bertz CT molecular complexity index is 294. The first-order valence-corrected chi connectivity index (χ1v) is 5.25. The lowest BCUT2D eigenvalue weighted by Gasteiger charge is -1.95. The number of methoxy groups -OCH3 is 1. The van der Waals surface area contributed by atoms with Gasteiger partial charge in [-0.05, 0) is 12.8 Å². The summed E-state index contributed by atoms with van der Waals surface area (Å²) < 4.78 is 5.02. The van der Waals surface area contributed by atoms with Crippen molar-refractivity contribution in [3.63, 3.8) is 0 Å². The number of nitrogens with zero attached hydrogens (tertiary/aromatic N) is 1. The monoisotopic (exact) mass is 199 g/mol. The molecule has 13 heavy (non-hydrogen) atoms. The predicted octanol–water partition coefficient (Wildman–Crippen LogP) is 1.66. The van der Waals surface area contributed by atoms with E-state index in [0.717, 1.165) is 10.6 Å². The van der Waals surface area contributed by atoms with E-state index in [1.165, 1.54) is 17.8 Å². The molecule has 1 heterocycles. The predicted molar refractivity (Wildman–Crippen MR) is 50.7 cm³/mol. The molecule has 0 aromatic carbocycles. The van der Waals surface area contributed by atoms with Crippen molar-refractivity contribution in [2.75, 3.05) is 7.11 Å². The van der Waals surface area contributed by atoms with Crippen molar-refractivity contribution in [3.8, 4) is 0 Å². The number of aliphatic hydroxyl groups excluding tert-OH is 1. The lowest BCUT2D eigenvalue weighted by molar-refractivity contribution is 0.178. The zero-order valence-corrected chi connectivity index (χ0v) is 8.43. The van der Waals surface area contributed by atoms with Gasteiger partial charge < -0.3 is 9.84 Å². The molecule has 0 aliphatic heterocycles. The summed E-state index contributed by atoms with van der Waals surface area (Å²) in [6.45, 7) is 0.599. The molecule has 1 saturated carbocycles. The van der Waals surface area contributed by atoms with Crippen LogP contribution in [0.3, 0.4) is 0 Å². The fraction of sp³-hybridized carbons (Fsp3) is 0.667. The number of thiazole rings is 1. The molecular weight excluding hydrogens is 186 g/mol. The van der Waals surface area contributed by atoms with E-state index in [4.69, 9.17) is 9.84 Å². The molecule has 1 aliphatic rings. The molecule has 3 nitrogen and oxygen atoms in total. The van der Waals surface area contributed by atoms with E-state index in [0.29, 0.717) is 12.5 Å². The van der Waals surface area contributed by atoms with Gasteiger partial charge in [-0.2, -0.15) is 0 Å². The van der Waals surface area contributed by atoms with Gasteiger partial charge in [-0.1, -0.05) is 0 Å². The van der Waals surface area contributed by atoms with Crippen LogP contribution in [0.25, 0.3) is 0 Å². The lowest BCUT2D eigenvalue weighted by atomic mass is 10.4. The van der Waals surface area contributed by atoms with Crippen LogP contribution in [-0.4, -0.2) is 17.2 Å². The molecule has 0 unspecified atom stereocenters. The largest absolute Gasteiger partial charge is 0.391 e. The second kappa shape index (κ2) is 3.74. The molecule has 1 N–H and O–H groups in total. The molecule has 4 heteroatoms. The van der Waals surface area contributed by atoms with Crippen molar-refractivity contribution >= 4 is 11.3 Å². The van der Waals surface area contributed by atoms with Gasteiger partial charge in [0.05, 0.1) is 28.8 Å². The quantitative estimate of drug-likeness (QED) is 0.802. The van der Waals surface area contributed by atoms with Gasteiger partial charge in [0.2, 0.25) is 0 Å². The topological polar surface area (TPSA) is 42.4 Å². The van der Waals surface area contributed by atoms with Crippen molar-refractivity contribution < 1.29 is 9.84 Å². The molecule has 0 bridgehead atoms. The summed E-state index contributed by atoms with van der Waals surface area (Å²) in [6, 6.07) is 0. The second-order valence-corrected chi connectivity index (χ2v) is 4.40. The van der Waals surface area contributed by atoms with Crippen LogP contribution in [0.5, 0.6) is 0 Å². The third kappa shape index (κ3) is 1.90.